The average Bonchev–Trinajstić information content (AvgIpc) is 2.86. The van der Waals surface area contributed by atoms with Crippen molar-refractivity contribution in [1.82, 2.24) is 19.9 Å². The quantitative estimate of drug-likeness (QED) is 0.412. The normalized spacial score (nSPS) is 12.7. The summed E-state index contributed by atoms with van der Waals surface area (Å²) >= 11 is 1.65. The molecule has 0 fully saturated rings. The summed E-state index contributed by atoms with van der Waals surface area (Å²) in [5, 5.41) is 7.37. The molecule has 0 radical (unpaired) electrons. The van der Waals surface area contributed by atoms with Crippen LogP contribution in [0.4, 0.5) is 0 Å². The molecule has 0 aliphatic rings. The molecule has 22 heavy (non-hydrogen) atoms. The summed E-state index contributed by atoms with van der Waals surface area (Å²) in [6, 6.07) is 0. The zero-order valence-electron chi connectivity index (χ0n) is 13.6. The molecule has 1 aromatic heterocycles. The molecule has 126 valence electrons. The maximum atomic E-state index is 11.5. The van der Waals surface area contributed by atoms with E-state index in [1.807, 2.05) is 20.0 Å². The van der Waals surface area contributed by atoms with Crippen LogP contribution in [0.3, 0.4) is 0 Å². The Morgan fingerprint density at radius 1 is 1.45 bits per heavy atom. The summed E-state index contributed by atoms with van der Waals surface area (Å²) in [5.41, 5.74) is 0. The van der Waals surface area contributed by atoms with E-state index in [0.717, 1.165) is 11.4 Å². The number of aliphatic imine (C=N–C) groups is 1. The van der Waals surface area contributed by atoms with Crippen molar-refractivity contribution in [3.8, 4) is 0 Å². The van der Waals surface area contributed by atoms with Crippen LogP contribution in [-0.4, -0.2) is 56.6 Å². The Morgan fingerprint density at radius 3 is 2.68 bits per heavy atom. The van der Waals surface area contributed by atoms with Crippen molar-refractivity contribution >= 4 is 27.3 Å². The first kappa shape index (κ1) is 18.9. The molecule has 0 bridgehead atoms. The summed E-state index contributed by atoms with van der Waals surface area (Å²) in [5.74, 6) is 0.690. The Hall–Kier alpha value is -1.19. The van der Waals surface area contributed by atoms with E-state index < -0.39 is 10.0 Å². The van der Waals surface area contributed by atoms with E-state index in [0.29, 0.717) is 32.1 Å². The third-order valence-corrected chi connectivity index (χ3v) is 5.29. The molecule has 0 unspecified atom stereocenters. The first-order chi connectivity index (χ1) is 10.4. The maximum absolute atomic E-state index is 11.5. The first-order valence-electron chi connectivity index (χ1n) is 7.17. The third kappa shape index (κ3) is 6.71. The minimum Gasteiger partial charge on any atom is -0.356 e. The van der Waals surface area contributed by atoms with Gasteiger partial charge in [0, 0.05) is 37.8 Å². The number of aromatic nitrogens is 1. The largest absolute Gasteiger partial charge is 0.356 e. The molecule has 0 spiro atoms. The molecule has 0 atom stereocenters. The Kier molecular flexibility index (Phi) is 7.77. The van der Waals surface area contributed by atoms with Gasteiger partial charge in [-0.3, -0.25) is 4.99 Å². The molecule has 9 heteroatoms. The number of sulfonamides is 1. The van der Waals surface area contributed by atoms with E-state index in [9.17, 15) is 8.42 Å². The van der Waals surface area contributed by atoms with Gasteiger partial charge in [-0.2, -0.15) is 0 Å². The minimum atomic E-state index is -3.11. The van der Waals surface area contributed by atoms with Crippen molar-refractivity contribution in [1.29, 1.82) is 0 Å². The van der Waals surface area contributed by atoms with E-state index in [-0.39, 0.29) is 0 Å². The van der Waals surface area contributed by atoms with Crippen molar-refractivity contribution < 1.29 is 8.42 Å². The highest BCUT2D eigenvalue weighted by Gasteiger charge is 2.13. The highest BCUT2D eigenvalue weighted by Crippen LogP contribution is 2.10. The highest BCUT2D eigenvalue weighted by atomic mass is 32.2. The first-order valence-corrected chi connectivity index (χ1v) is 9.84. The van der Waals surface area contributed by atoms with Gasteiger partial charge in [0.05, 0.1) is 12.8 Å². The summed E-state index contributed by atoms with van der Waals surface area (Å²) in [7, 11) is -1.41. The summed E-state index contributed by atoms with van der Waals surface area (Å²) in [6.45, 7) is 6.14. The molecular formula is C13H25N5O2S2. The number of guanidine groups is 1. The number of rotatable bonds is 8. The van der Waals surface area contributed by atoms with Gasteiger partial charge in [0.25, 0.3) is 0 Å². The van der Waals surface area contributed by atoms with Crippen LogP contribution in [0.15, 0.2) is 11.2 Å². The van der Waals surface area contributed by atoms with E-state index in [2.05, 4.69) is 20.6 Å². The molecule has 1 rings (SSSR count). The number of hydrogen-bond donors (Lipinski definition) is 2. The molecule has 0 aromatic carbocycles. The van der Waals surface area contributed by atoms with Gasteiger partial charge >= 0.3 is 0 Å². The van der Waals surface area contributed by atoms with Crippen LogP contribution in [-0.2, 0) is 16.6 Å². The van der Waals surface area contributed by atoms with Crippen molar-refractivity contribution in [2.24, 2.45) is 4.99 Å². The van der Waals surface area contributed by atoms with E-state index in [1.54, 1.807) is 18.4 Å². The molecule has 1 aromatic rings. The monoisotopic (exact) mass is 347 g/mol. The van der Waals surface area contributed by atoms with Crippen LogP contribution in [0, 0.1) is 6.92 Å². The topological polar surface area (TPSA) is 86.7 Å². The van der Waals surface area contributed by atoms with E-state index in [1.165, 1.54) is 15.4 Å². The smallest absolute Gasteiger partial charge is 0.211 e. The van der Waals surface area contributed by atoms with Crippen LogP contribution in [0.2, 0.25) is 0 Å². The second-order valence-corrected chi connectivity index (χ2v) is 8.13. The van der Waals surface area contributed by atoms with E-state index >= 15 is 0 Å². The van der Waals surface area contributed by atoms with Crippen molar-refractivity contribution in [2.45, 2.75) is 26.8 Å². The van der Waals surface area contributed by atoms with Gasteiger partial charge in [-0.15, -0.1) is 11.3 Å². The Balaban J connectivity index is 2.30. The molecular weight excluding hydrogens is 322 g/mol. The predicted octanol–water partition coefficient (Wildman–Crippen LogP) is 0.788. The molecule has 0 aliphatic heterocycles. The van der Waals surface area contributed by atoms with Crippen LogP contribution in [0.1, 0.15) is 23.2 Å². The van der Waals surface area contributed by atoms with Gasteiger partial charge in [-0.05, 0) is 13.3 Å². The van der Waals surface area contributed by atoms with Gasteiger partial charge < -0.3 is 10.6 Å². The van der Waals surface area contributed by atoms with Gasteiger partial charge in [-0.1, -0.05) is 6.92 Å². The van der Waals surface area contributed by atoms with Crippen LogP contribution in [0.25, 0.3) is 0 Å². The number of thiazole rings is 1. The number of nitrogens with one attached hydrogen (secondary N) is 2. The lowest BCUT2D eigenvalue weighted by Gasteiger charge is -2.18. The fraction of sp³-hybridized carbons (Fsp3) is 0.692. The highest BCUT2D eigenvalue weighted by molar-refractivity contribution is 7.88. The van der Waals surface area contributed by atoms with Gasteiger partial charge in [0.2, 0.25) is 10.0 Å². The number of nitrogens with zero attached hydrogens (tertiary/aromatic N) is 3. The Morgan fingerprint density at radius 2 is 2.18 bits per heavy atom. The minimum absolute atomic E-state index is 0.495. The lowest BCUT2D eigenvalue weighted by molar-refractivity contribution is 0.424. The summed E-state index contributed by atoms with van der Waals surface area (Å²) in [4.78, 5) is 9.60. The van der Waals surface area contributed by atoms with Crippen molar-refractivity contribution in [3.63, 3.8) is 0 Å². The van der Waals surface area contributed by atoms with Crippen LogP contribution in [0.5, 0.6) is 0 Å². The zero-order chi connectivity index (χ0) is 16.6. The number of aryl methyl sites for hydroxylation is 1. The average molecular weight is 348 g/mol. The van der Waals surface area contributed by atoms with E-state index in [4.69, 9.17) is 0 Å². The third-order valence-electron chi connectivity index (χ3n) is 3.00. The van der Waals surface area contributed by atoms with Gasteiger partial charge in [0.15, 0.2) is 5.96 Å². The molecule has 0 aliphatic carbocycles. The van der Waals surface area contributed by atoms with Crippen molar-refractivity contribution in [3.05, 3.63) is 16.1 Å². The van der Waals surface area contributed by atoms with Gasteiger partial charge in [0.1, 0.15) is 5.01 Å². The van der Waals surface area contributed by atoms with Crippen LogP contribution >= 0.6 is 11.3 Å². The molecule has 0 saturated carbocycles. The van der Waals surface area contributed by atoms with Crippen molar-refractivity contribution in [2.75, 3.05) is 32.9 Å². The molecule has 0 saturated heterocycles. The Bertz CT molecular complexity index is 583. The number of hydrogen-bond acceptors (Lipinski definition) is 5. The van der Waals surface area contributed by atoms with Crippen LogP contribution < -0.4 is 10.6 Å². The second kappa shape index (κ2) is 9.06. The summed E-state index contributed by atoms with van der Waals surface area (Å²) in [6.07, 6.45) is 3.81. The molecule has 2 N–H and O–H groups in total. The zero-order valence-corrected chi connectivity index (χ0v) is 15.2. The molecule has 7 nitrogen and oxygen atoms in total. The lowest BCUT2D eigenvalue weighted by atomic mass is 10.4. The standard InChI is InChI=1S/C13H25N5O2S2/c1-5-18(22(4,19)20)8-6-7-15-13(14-3)17-10-12-16-9-11(2)21-12/h9H,5-8,10H2,1-4H3,(H2,14,15,17). The predicted molar refractivity (Wildman–Crippen MR) is 91.8 cm³/mol. The maximum Gasteiger partial charge on any atom is 0.211 e. The fourth-order valence-electron chi connectivity index (χ4n) is 1.88. The Labute approximate surface area is 136 Å². The fourth-order valence-corrected chi connectivity index (χ4v) is 3.54. The van der Waals surface area contributed by atoms with Gasteiger partial charge in [-0.25, -0.2) is 17.7 Å². The second-order valence-electron chi connectivity index (χ2n) is 4.83. The molecule has 1 heterocycles. The lowest BCUT2D eigenvalue weighted by Crippen LogP contribution is -2.39. The SMILES string of the molecule is CCN(CCCNC(=NC)NCc1ncc(C)s1)S(C)(=O)=O. The molecule has 0 amide bonds. The summed E-state index contributed by atoms with van der Waals surface area (Å²) < 4.78 is 24.4.